The minimum atomic E-state index is 1.22. The fourth-order valence-corrected chi connectivity index (χ4v) is 1.72. The SMILES string of the molecule is Cc1cccn1-c1ccc(I)cc1. The van der Waals surface area contributed by atoms with Gasteiger partial charge in [-0.1, -0.05) is 0 Å². The highest BCUT2D eigenvalue weighted by Crippen LogP contribution is 2.13. The third kappa shape index (κ3) is 1.77. The maximum absolute atomic E-state index is 2.31. The van der Waals surface area contributed by atoms with E-state index in [1.807, 2.05) is 0 Å². The van der Waals surface area contributed by atoms with Crippen LogP contribution in [0.4, 0.5) is 0 Å². The molecule has 0 N–H and O–H groups in total. The van der Waals surface area contributed by atoms with Crippen molar-refractivity contribution in [2.24, 2.45) is 0 Å². The first-order valence-electron chi connectivity index (χ1n) is 4.17. The van der Waals surface area contributed by atoms with E-state index in [-0.39, 0.29) is 0 Å². The number of aromatic nitrogens is 1. The summed E-state index contributed by atoms with van der Waals surface area (Å²) in [6.45, 7) is 2.11. The molecule has 1 nitrogen and oxygen atoms in total. The summed E-state index contributed by atoms with van der Waals surface area (Å²) in [7, 11) is 0. The molecule has 0 fully saturated rings. The first-order valence-corrected chi connectivity index (χ1v) is 5.25. The number of halogens is 1. The van der Waals surface area contributed by atoms with Gasteiger partial charge in [-0.2, -0.15) is 0 Å². The zero-order valence-electron chi connectivity index (χ0n) is 7.37. The molecule has 0 unspecified atom stereocenters. The molecule has 66 valence electrons. The van der Waals surface area contributed by atoms with Crippen LogP contribution in [0.5, 0.6) is 0 Å². The molecule has 0 spiro atoms. The minimum absolute atomic E-state index is 1.22. The van der Waals surface area contributed by atoms with Crippen molar-refractivity contribution in [1.29, 1.82) is 0 Å². The average Bonchev–Trinajstić information content (AvgIpc) is 2.53. The molecule has 0 atom stereocenters. The van der Waals surface area contributed by atoms with Crippen LogP contribution >= 0.6 is 22.6 Å². The van der Waals surface area contributed by atoms with Crippen LogP contribution in [-0.4, -0.2) is 4.57 Å². The van der Waals surface area contributed by atoms with E-state index in [4.69, 9.17) is 0 Å². The molecule has 0 aliphatic heterocycles. The normalized spacial score (nSPS) is 10.3. The lowest BCUT2D eigenvalue weighted by Crippen LogP contribution is -1.93. The van der Waals surface area contributed by atoms with E-state index in [0.29, 0.717) is 0 Å². The van der Waals surface area contributed by atoms with Crippen molar-refractivity contribution < 1.29 is 0 Å². The van der Waals surface area contributed by atoms with Gasteiger partial charge < -0.3 is 4.57 Å². The molecule has 0 saturated carbocycles. The topological polar surface area (TPSA) is 4.93 Å². The predicted octanol–water partition coefficient (Wildman–Crippen LogP) is 3.39. The van der Waals surface area contributed by atoms with E-state index < -0.39 is 0 Å². The summed E-state index contributed by atoms with van der Waals surface area (Å²) < 4.78 is 3.45. The van der Waals surface area contributed by atoms with E-state index >= 15 is 0 Å². The van der Waals surface area contributed by atoms with Crippen LogP contribution in [0, 0.1) is 10.5 Å². The van der Waals surface area contributed by atoms with Crippen LogP contribution in [-0.2, 0) is 0 Å². The number of benzene rings is 1. The zero-order chi connectivity index (χ0) is 9.26. The van der Waals surface area contributed by atoms with Gasteiger partial charge >= 0.3 is 0 Å². The standard InChI is InChI=1S/C11H10IN/c1-9-3-2-8-13(9)11-6-4-10(12)5-7-11/h2-8H,1H3. The van der Waals surface area contributed by atoms with E-state index in [1.165, 1.54) is 15.0 Å². The number of rotatable bonds is 1. The summed E-state index contributed by atoms with van der Waals surface area (Å²) >= 11 is 2.31. The Morgan fingerprint density at radius 1 is 1.08 bits per heavy atom. The van der Waals surface area contributed by atoms with Gasteiger partial charge in [0.1, 0.15) is 0 Å². The first kappa shape index (κ1) is 8.81. The van der Waals surface area contributed by atoms with E-state index in [0.717, 1.165) is 0 Å². The van der Waals surface area contributed by atoms with Crippen LogP contribution in [0.1, 0.15) is 5.69 Å². The molecule has 2 aromatic rings. The number of nitrogens with zero attached hydrogens (tertiary/aromatic N) is 1. The Morgan fingerprint density at radius 3 is 2.31 bits per heavy atom. The molecule has 1 aromatic carbocycles. The molecule has 0 bridgehead atoms. The largest absolute Gasteiger partial charge is 0.321 e. The summed E-state index contributed by atoms with van der Waals surface area (Å²) in [6, 6.07) is 12.7. The summed E-state index contributed by atoms with van der Waals surface area (Å²) in [5.41, 5.74) is 2.49. The highest BCUT2D eigenvalue weighted by Gasteiger charge is 1.97. The van der Waals surface area contributed by atoms with Crippen LogP contribution in [0.25, 0.3) is 5.69 Å². The Balaban J connectivity index is 2.47. The molecule has 0 aliphatic rings. The summed E-state index contributed by atoms with van der Waals surface area (Å²) in [4.78, 5) is 0. The third-order valence-electron chi connectivity index (χ3n) is 2.06. The highest BCUT2D eigenvalue weighted by atomic mass is 127. The predicted molar refractivity (Wildman–Crippen MR) is 63.2 cm³/mol. The molecule has 0 radical (unpaired) electrons. The van der Waals surface area contributed by atoms with Crippen molar-refractivity contribution >= 4 is 22.6 Å². The second kappa shape index (κ2) is 3.54. The molecule has 2 heteroatoms. The first-order chi connectivity index (χ1) is 6.27. The second-order valence-corrected chi connectivity index (χ2v) is 4.24. The van der Waals surface area contributed by atoms with Crippen molar-refractivity contribution in [3.8, 4) is 5.69 Å². The van der Waals surface area contributed by atoms with Gasteiger partial charge in [0.15, 0.2) is 0 Å². The van der Waals surface area contributed by atoms with Crippen molar-refractivity contribution in [3.05, 3.63) is 51.9 Å². The average molecular weight is 283 g/mol. The van der Waals surface area contributed by atoms with Gasteiger partial charge in [0.2, 0.25) is 0 Å². The fraction of sp³-hybridized carbons (Fsp3) is 0.0909. The van der Waals surface area contributed by atoms with Crippen molar-refractivity contribution in [2.75, 3.05) is 0 Å². The second-order valence-electron chi connectivity index (χ2n) is 3.00. The minimum Gasteiger partial charge on any atom is -0.321 e. The Hall–Kier alpha value is -0.770. The molecule has 13 heavy (non-hydrogen) atoms. The quantitative estimate of drug-likeness (QED) is 0.707. The molecule has 0 saturated heterocycles. The maximum Gasteiger partial charge on any atom is 0.0452 e. The number of aryl methyl sites for hydroxylation is 1. The lowest BCUT2D eigenvalue weighted by Gasteiger charge is -2.05. The van der Waals surface area contributed by atoms with Crippen molar-refractivity contribution in [2.45, 2.75) is 6.92 Å². The number of hydrogen-bond donors (Lipinski definition) is 0. The van der Waals surface area contributed by atoms with Crippen LogP contribution in [0.15, 0.2) is 42.6 Å². The van der Waals surface area contributed by atoms with Crippen LogP contribution < -0.4 is 0 Å². The van der Waals surface area contributed by atoms with Gasteiger partial charge in [0, 0.05) is 21.1 Å². The third-order valence-corrected chi connectivity index (χ3v) is 2.78. The maximum atomic E-state index is 2.31. The van der Waals surface area contributed by atoms with Crippen molar-refractivity contribution in [3.63, 3.8) is 0 Å². The smallest absolute Gasteiger partial charge is 0.0452 e. The van der Waals surface area contributed by atoms with Gasteiger partial charge in [-0.25, -0.2) is 0 Å². The van der Waals surface area contributed by atoms with Crippen LogP contribution in [0.3, 0.4) is 0 Å². The van der Waals surface area contributed by atoms with Gasteiger partial charge in [0.05, 0.1) is 0 Å². The summed E-state index contributed by atoms with van der Waals surface area (Å²) in [5.74, 6) is 0. The Kier molecular flexibility index (Phi) is 2.40. The lowest BCUT2D eigenvalue weighted by atomic mass is 10.3. The van der Waals surface area contributed by atoms with Gasteiger partial charge in [-0.15, -0.1) is 0 Å². The highest BCUT2D eigenvalue weighted by molar-refractivity contribution is 14.1. The Morgan fingerprint density at radius 2 is 1.77 bits per heavy atom. The molecular formula is C11H10IN. The van der Waals surface area contributed by atoms with Gasteiger partial charge in [-0.05, 0) is 65.9 Å². The van der Waals surface area contributed by atoms with E-state index in [2.05, 4.69) is 76.7 Å². The molecule has 0 aliphatic carbocycles. The molecular weight excluding hydrogens is 273 g/mol. The van der Waals surface area contributed by atoms with Crippen LogP contribution in [0.2, 0.25) is 0 Å². The molecule has 0 amide bonds. The lowest BCUT2D eigenvalue weighted by molar-refractivity contribution is 1.01. The molecule has 2 rings (SSSR count). The van der Waals surface area contributed by atoms with E-state index in [1.54, 1.807) is 0 Å². The fourth-order valence-electron chi connectivity index (χ4n) is 1.36. The number of hydrogen-bond acceptors (Lipinski definition) is 0. The Labute approximate surface area is 91.5 Å². The Bertz CT molecular complexity index is 400. The summed E-state index contributed by atoms with van der Waals surface area (Å²) in [6.07, 6.45) is 2.08. The summed E-state index contributed by atoms with van der Waals surface area (Å²) in [5, 5.41) is 0. The van der Waals surface area contributed by atoms with E-state index in [9.17, 15) is 0 Å². The molecule has 1 aromatic heterocycles. The monoisotopic (exact) mass is 283 g/mol. The molecule has 1 heterocycles. The van der Waals surface area contributed by atoms with Gasteiger partial charge in [-0.3, -0.25) is 0 Å². The van der Waals surface area contributed by atoms with Crippen molar-refractivity contribution in [1.82, 2.24) is 4.57 Å². The van der Waals surface area contributed by atoms with Gasteiger partial charge in [0.25, 0.3) is 0 Å². The zero-order valence-corrected chi connectivity index (χ0v) is 9.52.